The SMILES string of the molecule is CC(C)c1nnc2c(Cl)cc(C(F)(F)F)cn12. The van der Waals surface area contributed by atoms with Gasteiger partial charge in [-0.2, -0.15) is 13.2 Å². The Hall–Kier alpha value is -1.30. The zero-order chi connectivity index (χ0) is 12.8. The lowest BCUT2D eigenvalue weighted by atomic mass is 10.2. The fourth-order valence-electron chi connectivity index (χ4n) is 1.52. The Morgan fingerprint density at radius 2 is 1.94 bits per heavy atom. The van der Waals surface area contributed by atoms with Crippen molar-refractivity contribution in [3.05, 3.63) is 28.7 Å². The molecule has 0 saturated carbocycles. The third-order valence-electron chi connectivity index (χ3n) is 2.33. The highest BCUT2D eigenvalue weighted by Gasteiger charge is 2.32. The van der Waals surface area contributed by atoms with Crippen LogP contribution in [0, 0.1) is 0 Å². The summed E-state index contributed by atoms with van der Waals surface area (Å²) in [5.41, 5.74) is -0.569. The molecule has 2 rings (SSSR count). The highest BCUT2D eigenvalue weighted by Crippen LogP contribution is 2.32. The molecule has 2 heterocycles. The summed E-state index contributed by atoms with van der Waals surface area (Å²) in [6, 6.07) is 0.857. The largest absolute Gasteiger partial charge is 0.417 e. The Balaban J connectivity index is 2.74. The van der Waals surface area contributed by atoms with Crippen molar-refractivity contribution in [3.8, 4) is 0 Å². The molecule has 0 fully saturated rings. The molecule has 0 bridgehead atoms. The maximum atomic E-state index is 12.6. The van der Waals surface area contributed by atoms with Gasteiger partial charge in [0.25, 0.3) is 0 Å². The van der Waals surface area contributed by atoms with Crippen molar-refractivity contribution in [3.63, 3.8) is 0 Å². The summed E-state index contributed by atoms with van der Waals surface area (Å²) in [7, 11) is 0. The first-order valence-corrected chi connectivity index (χ1v) is 5.30. The van der Waals surface area contributed by atoms with Crippen LogP contribution in [0.5, 0.6) is 0 Å². The second-order valence-corrected chi connectivity index (χ2v) is 4.39. The van der Waals surface area contributed by atoms with Crippen LogP contribution in [-0.2, 0) is 6.18 Å². The van der Waals surface area contributed by atoms with Gasteiger partial charge in [0.05, 0.1) is 10.6 Å². The molecule has 7 heteroatoms. The van der Waals surface area contributed by atoms with Gasteiger partial charge in [-0.25, -0.2) is 0 Å². The first-order valence-electron chi connectivity index (χ1n) is 4.92. The third-order valence-corrected chi connectivity index (χ3v) is 2.61. The normalized spacial score (nSPS) is 12.6. The van der Waals surface area contributed by atoms with E-state index in [2.05, 4.69) is 10.2 Å². The lowest BCUT2D eigenvalue weighted by molar-refractivity contribution is -0.137. The zero-order valence-corrected chi connectivity index (χ0v) is 9.84. The fourth-order valence-corrected chi connectivity index (χ4v) is 1.77. The number of alkyl halides is 3. The monoisotopic (exact) mass is 263 g/mol. The Morgan fingerprint density at radius 3 is 2.47 bits per heavy atom. The number of halogens is 4. The summed E-state index contributed by atoms with van der Waals surface area (Å²) >= 11 is 5.76. The van der Waals surface area contributed by atoms with Crippen LogP contribution in [0.25, 0.3) is 5.65 Å². The van der Waals surface area contributed by atoms with Crippen molar-refractivity contribution in [1.82, 2.24) is 14.6 Å². The first-order chi connectivity index (χ1) is 7.80. The van der Waals surface area contributed by atoms with Gasteiger partial charge >= 0.3 is 6.18 Å². The van der Waals surface area contributed by atoms with Crippen molar-refractivity contribution in [1.29, 1.82) is 0 Å². The summed E-state index contributed by atoms with van der Waals surface area (Å²) in [4.78, 5) is 0. The summed E-state index contributed by atoms with van der Waals surface area (Å²) in [5.74, 6) is 0.414. The van der Waals surface area contributed by atoms with Gasteiger partial charge in [-0.1, -0.05) is 25.4 Å². The highest BCUT2D eigenvalue weighted by atomic mass is 35.5. The van der Waals surface area contributed by atoms with Gasteiger partial charge in [-0.3, -0.25) is 4.40 Å². The second kappa shape index (κ2) is 3.87. The Bertz CT molecular complexity index is 560. The smallest absolute Gasteiger partial charge is 0.284 e. The molecule has 2 aromatic rings. The molecule has 0 aliphatic rings. The van der Waals surface area contributed by atoms with E-state index >= 15 is 0 Å². The molecular formula is C10H9ClF3N3. The van der Waals surface area contributed by atoms with Crippen LogP contribution in [0.15, 0.2) is 12.3 Å². The minimum atomic E-state index is -4.43. The van der Waals surface area contributed by atoms with E-state index in [0.29, 0.717) is 5.82 Å². The first kappa shape index (κ1) is 12.2. The summed E-state index contributed by atoms with van der Waals surface area (Å²) in [6.07, 6.45) is -3.47. The van der Waals surface area contributed by atoms with Gasteiger partial charge in [0.15, 0.2) is 5.65 Å². The van der Waals surface area contributed by atoms with E-state index in [4.69, 9.17) is 11.6 Å². The van der Waals surface area contributed by atoms with Crippen molar-refractivity contribution >= 4 is 17.2 Å². The minimum absolute atomic E-state index is 0.0375. The second-order valence-electron chi connectivity index (χ2n) is 3.98. The van der Waals surface area contributed by atoms with Crippen molar-refractivity contribution in [2.45, 2.75) is 25.9 Å². The summed E-state index contributed by atoms with van der Waals surface area (Å²) in [5, 5.41) is 7.56. The van der Waals surface area contributed by atoms with Crippen molar-refractivity contribution in [2.75, 3.05) is 0 Å². The van der Waals surface area contributed by atoms with E-state index in [1.807, 2.05) is 13.8 Å². The van der Waals surface area contributed by atoms with Gasteiger partial charge in [0.2, 0.25) is 0 Å². The van der Waals surface area contributed by atoms with E-state index in [9.17, 15) is 13.2 Å². The number of hydrogen-bond acceptors (Lipinski definition) is 2. The van der Waals surface area contributed by atoms with Gasteiger partial charge < -0.3 is 0 Å². The molecule has 92 valence electrons. The molecule has 3 nitrogen and oxygen atoms in total. The van der Waals surface area contributed by atoms with Crippen LogP contribution >= 0.6 is 11.6 Å². The van der Waals surface area contributed by atoms with Crippen molar-refractivity contribution in [2.24, 2.45) is 0 Å². The Labute approximate surface area is 100 Å². The molecule has 17 heavy (non-hydrogen) atoms. The molecular weight excluding hydrogens is 255 g/mol. The quantitative estimate of drug-likeness (QED) is 0.788. The van der Waals surface area contributed by atoms with E-state index < -0.39 is 11.7 Å². The molecule has 0 aromatic carbocycles. The Morgan fingerprint density at radius 1 is 1.29 bits per heavy atom. The molecule has 0 spiro atoms. The maximum Gasteiger partial charge on any atom is 0.417 e. The van der Waals surface area contributed by atoms with E-state index in [1.54, 1.807) is 0 Å². The van der Waals surface area contributed by atoms with E-state index in [1.165, 1.54) is 4.40 Å². The molecule has 0 radical (unpaired) electrons. The zero-order valence-electron chi connectivity index (χ0n) is 9.09. The van der Waals surface area contributed by atoms with Gasteiger partial charge in [-0.05, 0) is 6.07 Å². The molecule has 0 amide bonds. The van der Waals surface area contributed by atoms with Crippen molar-refractivity contribution < 1.29 is 13.2 Å². The standard InChI is InChI=1S/C10H9ClF3N3/c1-5(2)8-15-16-9-7(11)3-6(4-17(8)9)10(12,13)14/h3-5H,1-2H3. The number of fused-ring (bicyclic) bond motifs is 1. The maximum absolute atomic E-state index is 12.6. The van der Waals surface area contributed by atoms with E-state index in [0.717, 1.165) is 12.3 Å². The number of pyridine rings is 1. The van der Waals surface area contributed by atoms with Gasteiger partial charge in [0, 0.05) is 12.1 Å². The van der Waals surface area contributed by atoms with Gasteiger partial charge in [0.1, 0.15) is 5.82 Å². The number of nitrogens with zero attached hydrogens (tertiary/aromatic N) is 3. The average molecular weight is 264 g/mol. The molecule has 0 unspecified atom stereocenters. The predicted molar refractivity (Wildman–Crippen MR) is 57.1 cm³/mol. The molecule has 0 N–H and O–H groups in total. The third kappa shape index (κ3) is 2.09. The predicted octanol–water partition coefficient (Wildman–Crippen LogP) is 3.52. The Kier molecular flexibility index (Phi) is 2.77. The highest BCUT2D eigenvalue weighted by molar-refractivity contribution is 6.33. The number of hydrogen-bond donors (Lipinski definition) is 0. The molecule has 0 aliphatic heterocycles. The van der Waals surface area contributed by atoms with Crippen LogP contribution < -0.4 is 0 Å². The van der Waals surface area contributed by atoms with Crippen LogP contribution in [0.1, 0.15) is 31.2 Å². The van der Waals surface area contributed by atoms with E-state index in [-0.39, 0.29) is 16.6 Å². The lowest BCUT2D eigenvalue weighted by Gasteiger charge is -2.09. The lowest BCUT2D eigenvalue weighted by Crippen LogP contribution is -2.08. The molecule has 0 aliphatic carbocycles. The average Bonchev–Trinajstić information content (AvgIpc) is 2.60. The number of rotatable bonds is 1. The molecule has 0 atom stereocenters. The fraction of sp³-hybridized carbons (Fsp3) is 0.400. The molecule has 0 saturated heterocycles. The molecule has 2 aromatic heterocycles. The minimum Gasteiger partial charge on any atom is -0.284 e. The number of aromatic nitrogens is 3. The van der Waals surface area contributed by atoms with Crippen LogP contribution in [0.4, 0.5) is 13.2 Å². The van der Waals surface area contributed by atoms with Gasteiger partial charge in [-0.15, -0.1) is 10.2 Å². The van der Waals surface area contributed by atoms with Crippen LogP contribution in [0.2, 0.25) is 5.02 Å². The summed E-state index contributed by atoms with van der Waals surface area (Å²) in [6.45, 7) is 3.65. The van der Waals surface area contributed by atoms with Crippen LogP contribution in [0.3, 0.4) is 0 Å². The van der Waals surface area contributed by atoms with Crippen LogP contribution in [-0.4, -0.2) is 14.6 Å². The summed E-state index contributed by atoms with van der Waals surface area (Å²) < 4.78 is 39.2. The topological polar surface area (TPSA) is 30.2 Å².